The van der Waals surface area contributed by atoms with Crippen LogP contribution in [0.1, 0.15) is 19.8 Å². The van der Waals surface area contributed by atoms with Gasteiger partial charge in [0.05, 0.1) is 19.4 Å². The van der Waals surface area contributed by atoms with Gasteiger partial charge >= 0.3 is 5.97 Å². The Morgan fingerprint density at radius 3 is 2.40 bits per heavy atom. The third kappa shape index (κ3) is 8.07. The molecule has 6 nitrogen and oxygen atoms in total. The average Bonchev–Trinajstić information content (AvgIpc) is 2.14. The van der Waals surface area contributed by atoms with E-state index < -0.39 is 16.0 Å². The number of ketones is 1. The van der Waals surface area contributed by atoms with Gasteiger partial charge in [0.1, 0.15) is 5.78 Å². The highest BCUT2D eigenvalue weighted by atomic mass is 32.2. The Balaban J connectivity index is 3.84. The van der Waals surface area contributed by atoms with Gasteiger partial charge in [-0.3, -0.25) is 9.59 Å². The summed E-state index contributed by atoms with van der Waals surface area (Å²) in [7, 11) is -2.22. The van der Waals surface area contributed by atoms with E-state index in [1.807, 2.05) is 0 Å². The summed E-state index contributed by atoms with van der Waals surface area (Å²) in [5, 5.41) is 0. The summed E-state index contributed by atoms with van der Waals surface area (Å²) >= 11 is 0. The Morgan fingerprint density at radius 2 is 1.93 bits per heavy atom. The first-order chi connectivity index (χ1) is 6.87. The van der Waals surface area contributed by atoms with Crippen LogP contribution in [-0.2, 0) is 24.3 Å². The molecule has 0 aromatic rings. The number of Topliss-reactive ketones (excluding diaryl/α,β-unsaturated/α-hetero) is 1. The molecule has 0 radical (unpaired) electrons. The van der Waals surface area contributed by atoms with E-state index in [2.05, 4.69) is 9.46 Å². The minimum Gasteiger partial charge on any atom is -0.469 e. The van der Waals surface area contributed by atoms with Crippen LogP contribution in [0, 0.1) is 0 Å². The molecular formula is C8H15NO5S. The van der Waals surface area contributed by atoms with Crippen molar-refractivity contribution in [2.24, 2.45) is 0 Å². The van der Waals surface area contributed by atoms with Crippen molar-refractivity contribution in [3.05, 3.63) is 0 Å². The minimum absolute atomic E-state index is 0.0531. The van der Waals surface area contributed by atoms with Crippen molar-refractivity contribution < 1.29 is 22.7 Å². The Bertz CT molecular complexity index is 322. The maximum absolute atomic E-state index is 11.2. The summed E-state index contributed by atoms with van der Waals surface area (Å²) in [6, 6.07) is 0. The number of carbonyl (C=O) groups excluding carboxylic acids is 2. The molecule has 0 aliphatic heterocycles. The molecule has 88 valence electrons. The Hall–Kier alpha value is -0.950. The van der Waals surface area contributed by atoms with Crippen LogP contribution in [-0.4, -0.2) is 39.6 Å². The van der Waals surface area contributed by atoms with Crippen molar-refractivity contribution in [1.29, 1.82) is 0 Å². The lowest BCUT2D eigenvalue weighted by Crippen LogP contribution is -2.30. The zero-order valence-corrected chi connectivity index (χ0v) is 9.59. The first kappa shape index (κ1) is 14.1. The van der Waals surface area contributed by atoms with Crippen molar-refractivity contribution in [2.75, 3.05) is 19.4 Å². The molecule has 7 heteroatoms. The van der Waals surface area contributed by atoms with Gasteiger partial charge in [-0.25, -0.2) is 13.1 Å². The van der Waals surface area contributed by atoms with Crippen LogP contribution in [0.5, 0.6) is 0 Å². The molecule has 0 amide bonds. The lowest BCUT2D eigenvalue weighted by molar-refractivity contribution is -0.140. The number of ether oxygens (including phenoxy) is 1. The normalized spacial score (nSPS) is 11.1. The lowest BCUT2D eigenvalue weighted by atomic mass is 10.3. The van der Waals surface area contributed by atoms with Crippen LogP contribution in [0.4, 0.5) is 0 Å². The highest BCUT2D eigenvalue weighted by Gasteiger charge is 2.11. The van der Waals surface area contributed by atoms with Gasteiger partial charge in [0.2, 0.25) is 10.0 Å². The maximum atomic E-state index is 11.2. The molecule has 0 aromatic heterocycles. The molecular weight excluding hydrogens is 222 g/mol. The van der Waals surface area contributed by atoms with Gasteiger partial charge in [0.15, 0.2) is 0 Å². The quantitative estimate of drug-likeness (QED) is 0.600. The minimum atomic E-state index is -3.46. The molecule has 1 N–H and O–H groups in total. The summed E-state index contributed by atoms with van der Waals surface area (Å²) in [5.74, 6) is -0.890. The topological polar surface area (TPSA) is 89.5 Å². The van der Waals surface area contributed by atoms with E-state index in [1.54, 1.807) is 0 Å². The summed E-state index contributed by atoms with van der Waals surface area (Å²) in [6.45, 7) is 1.08. The van der Waals surface area contributed by atoms with E-state index >= 15 is 0 Å². The largest absolute Gasteiger partial charge is 0.469 e. The molecule has 0 heterocycles. The molecule has 0 saturated heterocycles. The standard InChI is InChI=1S/C8H15NO5S/c1-7(10)6-9-15(12,13)5-3-4-8(11)14-2/h9H,3-6H2,1-2H3. The van der Waals surface area contributed by atoms with Gasteiger partial charge in [-0.05, 0) is 13.3 Å². The molecule has 0 fully saturated rings. The number of hydrogen-bond donors (Lipinski definition) is 1. The van der Waals surface area contributed by atoms with Crippen molar-refractivity contribution in [3.63, 3.8) is 0 Å². The summed E-state index contributed by atoms with van der Waals surface area (Å²) < 4.78 is 28.9. The third-order valence-electron chi connectivity index (χ3n) is 1.56. The number of rotatable bonds is 7. The van der Waals surface area contributed by atoms with E-state index in [1.165, 1.54) is 14.0 Å². The number of carbonyl (C=O) groups is 2. The molecule has 0 saturated carbocycles. The van der Waals surface area contributed by atoms with Gasteiger partial charge < -0.3 is 4.74 Å². The van der Waals surface area contributed by atoms with Gasteiger partial charge in [-0.2, -0.15) is 0 Å². The van der Waals surface area contributed by atoms with Gasteiger partial charge in [-0.1, -0.05) is 0 Å². The molecule has 0 atom stereocenters. The third-order valence-corrected chi connectivity index (χ3v) is 2.97. The van der Waals surface area contributed by atoms with Crippen LogP contribution in [0.2, 0.25) is 0 Å². The highest BCUT2D eigenvalue weighted by Crippen LogP contribution is 1.96. The second-order valence-electron chi connectivity index (χ2n) is 3.02. The monoisotopic (exact) mass is 237 g/mol. The number of esters is 1. The van der Waals surface area contributed by atoms with Crippen LogP contribution < -0.4 is 4.72 Å². The number of nitrogens with one attached hydrogen (secondary N) is 1. The summed E-state index contributed by atoms with van der Waals surface area (Å²) in [5.41, 5.74) is 0. The van der Waals surface area contributed by atoms with E-state index in [-0.39, 0.29) is 30.9 Å². The maximum Gasteiger partial charge on any atom is 0.305 e. The summed E-state index contributed by atoms with van der Waals surface area (Å²) in [6.07, 6.45) is 0.234. The molecule has 0 unspecified atom stereocenters. The van der Waals surface area contributed by atoms with Crippen LogP contribution in [0.15, 0.2) is 0 Å². The van der Waals surface area contributed by atoms with E-state index in [9.17, 15) is 18.0 Å². The Morgan fingerprint density at radius 1 is 1.33 bits per heavy atom. The highest BCUT2D eigenvalue weighted by molar-refractivity contribution is 7.89. The fourth-order valence-electron chi connectivity index (χ4n) is 0.792. The van der Waals surface area contributed by atoms with Crippen molar-refractivity contribution >= 4 is 21.8 Å². The zero-order chi connectivity index (χ0) is 11.9. The second-order valence-corrected chi connectivity index (χ2v) is 4.95. The predicted octanol–water partition coefficient (Wildman–Crippen LogP) is -0.552. The zero-order valence-electron chi connectivity index (χ0n) is 8.78. The van der Waals surface area contributed by atoms with Gasteiger partial charge in [-0.15, -0.1) is 0 Å². The molecule has 15 heavy (non-hydrogen) atoms. The number of hydrogen-bond acceptors (Lipinski definition) is 5. The number of sulfonamides is 1. The van der Waals surface area contributed by atoms with Crippen molar-refractivity contribution in [1.82, 2.24) is 4.72 Å². The molecule has 0 aliphatic carbocycles. The van der Waals surface area contributed by atoms with E-state index in [4.69, 9.17) is 0 Å². The SMILES string of the molecule is COC(=O)CCCS(=O)(=O)NCC(C)=O. The summed E-state index contributed by atoms with van der Waals surface area (Å²) in [4.78, 5) is 21.2. The average molecular weight is 237 g/mol. The smallest absolute Gasteiger partial charge is 0.305 e. The lowest BCUT2D eigenvalue weighted by Gasteiger charge is -2.03. The number of methoxy groups -OCH3 is 1. The Kier molecular flexibility index (Phi) is 6.11. The molecule has 0 rings (SSSR count). The fourth-order valence-corrected chi connectivity index (χ4v) is 1.88. The molecule has 0 bridgehead atoms. The van der Waals surface area contributed by atoms with E-state index in [0.717, 1.165) is 0 Å². The second kappa shape index (κ2) is 6.52. The van der Waals surface area contributed by atoms with E-state index in [0.29, 0.717) is 0 Å². The fraction of sp³-hybridized carbons (Fsp3) is 0.750. The first-order valence-corrected chi connectivity index (χ1v) is 6.06. The van der Waals surface area contributed by atoms with Gasteiger partial charge in [0, 0.05) is 6.42 Å². The van der Waals surface area contributed by atoms with Crippen molar-refractivity contribution in [2.45, 2.75) is 19.8 Å². The van der Waals surface area contributed by atoms with Gasteiger partial charge in [0.25, 0.3) is 0 Å². The molecule has 0 aromatic carbocycles. The van der Waals surface area contributed by atoms with Crippen LogP contribution in [0.25, 0.3) is 0 Å². The van der Waals surface area contributed by atoms with Crippen LogP contribution >= 0.6 is 0 Å². The molecule has 0 aliphatic rings. The Labute approximate surface area is 89.0 Å². The predicted molar refractivity (Wildman–Crippen MR) is 53.7 cm³/mol. The first-order valence-electron chi connectivity index (χ1n) is 4.41. The molecule has 0 spiro atoms. The van der Waals surface area contributed by atoms with Crippen molar-refractivity contribution in [3.8, 4) is 0 Å². The van der Waals surface area contributed by atoms with Crippen LogP contribution in [0.3, 0.4) is 0 Å².